The Hall–Kier alpha value is -0.570. The van der Waals surface area contributed by atoms with E-state index >= 15 is 0 Å². The van der Waals surface area contributed by atoms with Gasteiger partial charge >= 0.3 is 0 Å². The van der Waals surface area contributed by atoms with Crippen LogP contribution in [0.25, 0.3) is 0 Å². The molecule has 1 aliphatic rings. The summed E-state index contributed by atoms with van der Waals surface area (Å²) in [5.74, 6) is 0. The van der Waals surface area contributed by atoms with Crippen molar-refractivity contribution in [1.29, 1.82) is 0 Å². The van der Waals surface area contributed by atoms with Crippen molar-refractivity contribution in [2.75, 3.05) is 13.2 Å². The van der Waals surface area contributed by atoms with Crippen molar-refractivity contribution in [3.63, 3.8) is 0 Å². The molecule has 0 aliphatic carbocycles. The zero-order chi connectivity index (χ0) is 10.8. The van der Waals surface area contributed by atoms with Gasteiger partial charge in [0.05, 0.1) is 12.7 Å². The molecule has 2 unspecified atom stereocenters. The minimum absolute atomic E-state index is 0.122. The van der Waals surface area contributed by atoms with Gasteiger partial charge in [-0.25, -0.2) is 0 Å². The van der Waals surface area contributed by atoms with E-state index in [0.717, 1.165) is 29.3 Å². The van der Waals surface area contributed by atoms with Crippen LogP contribution < -0.4 is 5.32 Å². The van der Waals surface area contributed by atoms with Gasteiger partial charge < -0.3 is 10.1 Å². The van der Waals surface area contributed by atoms with Crippen molar-refractivity contribution >= 4 is 11.6 Å². The van der Waals surface area contributed by atoms with Crippen LogP contribution in [-0.4, -0.2) is 19.2 Å². The lowest BCUT2D eigenvalue weighted by Crippen LogP contribution is -2.41. The first-order valence-electron chi connectivity index (χ1n) is 5.29. The minimum Gasteiger partial charge on any atom is -0.371 e. The molecule has 3 heteroatoms. The van der Waals surface area contributed by atoms with Crippen LogP contribution in [0.1, 0.15) is 24.2 Å². The van der Waals surface area contributed by atoms with Gasteiger partial charge in [0.25, 0.3) is 0 Å². The van der Waals surface area contributed by atoms with Gasteiger partial charge in [-0.3, -0.25) is 0 Å². The van der Waals surface area contributed by atoms with Crippen LogP contribution in [0.2, 0.25) is 5.02 Å². The molecule has 1 aliphatic heterocycles. The highest BCUT2D eigenvalue weighted by molar-refractivity contribution is 6.31. The topological polar surface area (TPSA) is 21.3 Å². The Morgan fingerprint density at radius 1 is 1.47 bits per heavy atom. The molecule has 15 heavy (non-hydrogen) atoms. The molecular weight excluding hydrogens is 210 g/mol. The molecule has 1 heterocycles. The second-order valence-electron chi connectivity index (χ2n) is 4.04. The van der Waals surface area contributed by atoms with Crippen molar-refractivity contribution in [2.45, 2.75) is 26.0 Å². The van der Waals surface area contributed by atoms with E-state index in [4.69, 9.17) is 16.3 Å². The van der Waals surface area contributed by atoms with Crippen LogP contribution in [0.15, 0.2) is 18.2 Å². The Labute approximate surface area is 95.6 Å². The fourth-order valence-electron chi connectivity index (χ4n) is 1.89. The average molecular weight is 226 g/mol. The summed E-state index contributed by atoms with van der Waals surface area (Å²) in [6, 6.07) is 6.49. The van der Waals surface area contributed by atoms with Gasteiger partial charge in [-0.2, -0.15) is 0 Å². The predicted octanol–water partition coefficient (Wildman–Crippen LogP) is 2.70. The van der Waals surface area contributed by atoms with Gasteiger partial charge in [-0.1, -0.05) is 23.7 Å². The molecule has 1 aromatic rings. The summed E-state index contributed by atoms with van der Waals surface area (Å²) in [6.07, 6.45) is 0.122. The minimum atomic E-state index is 0.122. The summed E-state index contributed by atoms with van der Waals surface area (Å²) in [5.41, 5.74) is 2.27. The Morgan fingerprint density at radius 2 is 2.27 bits per heavy atom. The Kier molecular flexibility index (Phi) is 3.29. The van der Waals surface area contributed by atoms with Crippen LogP contribution in [0, 0.1) is 6.92 Å². The number of morpholine rings is 1. The molecular formula is C12H16ClNO. The first-order valence-corrected chi connectivity index (χ1v) is 5.67. The number of hydrogen-bond acceptors (Lipinski definition) is 2. The van der Waals surface area contributed by atoms with Crippen molar-refractivity contribution in [1.82, 2.24) is 5.32 Å². The van der Waals surface area contributed by atoms with E-state index < -0.39 is 0 Å². The number of benzene rings is 1. The molecule has 2 atom stereocenters. The van der Waals surface area contributed by atoms with Gasteiger partial charge in [-0.15, -0.1) is 0 Å². The van der Waals surface area contributed by atoms with E-state index in [0.29, 0.717) is 6.04 Å². The summed E-state index contributed by atoms with van der Waals surface area (Å²) in [6.45, 7) is 5.84. The lowest BCUT2D eigenvalue weighted by atomic mass is 10.0. The molecule has 0 amide bonds. The summed E-state index contributed by atoms with van der Waals surface area (Å²) in [5, 5.41) is 4.21. The van der Waals surface area contributed by atoms with E-state index in [1.54, 1.807) is 0 Å². The van der Waals surface area contributed by atoms with Crippen LogP contribution in [0.5, 0.6) is 0 Å². The smallest absolute Gasteiger partial charge is 0.0976 e. The van der Waals surface area contributed by atoms with Crippen molar-refractivity contribution < 1.29 is 4.74 Å². The molecule has 82 valence electrons. The highest BCUT2D eigenvalue weighted by atomic mass is 35.5. The quantitative estimate of drug-likeness (QED) is 0.794. The number of nitrogens with one attached hydrogen (secondary N) is 1. The molecule has 1 aromatic carbocycles. The van der Waals surface area contributed by atoms with Gasteiger partial charge in [0.15, 0.2) is 0 Å². The van der Waals surface area contributed by atoms with Crippen molar-refractivity contribution in [3.8, 4) is 0 Å². The normalized spacial score (nSPS) is 26.6. The van der Waals surface area contributed by atoms with E-state index in [-0.39, 0.29) is 6.10 Å². The Bertz CT molecular complexity index is 353. The summed E-state index contributed by atoms with van der Waals surface area (Å²) < 4.78 is 5.75. The molecule has 2 rings (SSSR count). The Morgan fingerprint density at radius 3 is 2.93 bits per heavy atom. The second-order valence-corrected chi connectivity index (χ2v) is 4.45. The molecule has 2 nitrogen and oxygen atoms in total. The summed E-state index contributed by atoms with van der Waals surface area (Å²) in [7, 11) is 0. The highest BCUT2D eigenvalue weighted by Gasteiger charge is 2.23. The van der Waals surface area contributed by atoms with E-state index in [1.807, 2.05) is 19.1 Å². The molecule has 1 N–H and O–H groups in total. The van der Waals surface area contributed by atoms with E-state index in [9.17, 15) is 0 Å². The molecule has 0 bridgehead atoms. The van der Waals surface area contributed by atoms with Gasteiger partial charge in [-0.05, 0) is 31.0 Å². The van der Waals surface area contributed by atoms with Crippen LogP contribution in [0.4, 0.5) is 0 Å². The summed E-state index contributed by atoms with van der Waals surface area (Å²) >= 11 is 6.10. The van der Waals surface area contributed by atoms with Gasteiger partial charge in [0.2, 0.25) is 0 Å². The maximum absolute atomic E-state index is 6.10. The monoisotopic (exact) mass is 225 g/mol. The third-order valence-electron chi connectivity index (χ3n) is 2.84. The van der Waals surface area contributed by atoms with Crippen molar-refractivity contribution in [2.24, 2.45) is 0 Å². The van der Waals surface area contributed by atoms with E-state index in [1.165, 1.54) is 0 Å². The first kappa shape index (κ1) is 10.9. The fourth-order valence-corrected chi connectivity index (χ4v) is 2.08. The van der Waals surface area contributed by atoms with Gasteiger partial charge in [0, 0.05) is 17.6 Å². The third-order valence-corrected chi connectivity index (χ3v) is 3.25. The van der Waals surface area contributed by atoms with Gasteiger partial charge in [0.1, 0.15) is 0 Å². The molecule has 0 saturated carbocycles. The summed E-state index contributed by atoms with van der Waals surface area (Å²) in [4.78, 5) is 0. The maximum atomic E-state index is 6.10. The largest absolute Gasteiger partial charge is 0.371 e. The average Bonchev–Trinajstić information content (AvgIpc) is 2.23. The number of aryl methyl sites for hydroxylation is 1. The first-order chi connectivity index (χ1) is 7.18. The third kappa shape index (κ3) is 2.33. The van der Waals surface area contributed by atoms with Crippen LogP contribution in [0.3, 0.4) is 0 Å². The SMILES string of the molecule is Cc1ccc(C2OCCNC2C)cc1Cl. The number of hydrogen-bond donors (Lipinski definition) is 1. The standard InChI is InChI=1S/C12H16ClNO/c1-8-3-4-10(7-11(8)13)12-9(2)14-5-6-15-12/h3-4,7,9,12,14H,5-6H2,1-2H3. The molecule has 1 fully saturated rings. The molecule has 0 radical (unpaired) electrons. The number of rotatable bonds is 1. The number of halogens is 1. The molecule has 0 spiro atoms. The van der Waals surface area contributed by atoms with Crippen LogP contribution in [-0.2, 0) is 4.74 Å². The predicted molar refractivity (Wildman–Crippen MR) is 62.3 cm³/mol. The van der Waals surface area contributed by atoms with E-state index in [2.05, 4.69) is 18.3 Å². The number of ether oxygens (including phenoxy) is 1. The lowest BCUT2D eigenvalue weighted by Gasteiger charge is -2.30. The molecule has 0 aromatic heterocycles. The highest BCUT2D eigenvalue weighted by Crippen LogP contribution is 2.27. The maximum Gasteiger partial charge on any atom is 0.0976 e. The Balaban J connectivity index is 2.24. The molecule has 1 saturated heterocycles. The zero-order valence-corrected chi connectivity index (χ0v) is 9.84. The zero-order valence-electron chi connectivity index (χ0n) is 9.09. The van der Waals surface area contributed by atoms with Crippen LogP contribution >= 0.6 is 11.6 Å². The van der Waals surface area contributed by atoms with Crippen molar-refractivity contribution in [3.05, 3.63) is 34.3 Å². The lowest BCUT2D eigenvalue weighted by molar-refractivity contribution is -0.000223. The fraction of sp³-hybridized carbons (Fsp3) is 0.500. The second kappa shape index (κ2) is 4.52.